The van der Waals surface area contributed by atoms with Crippen LogP contribution in [0.2, 0.25) is 0 Å². The Hall–Kier alpha value is -4.21. The number of carbonyl (C=O) groups is 2. The zero-order chi connectivity index (χ0) is 28.7. The Morgan fingerprint density at radius 2 is 1.59 bits per heavy atom. The van der Waals surface area contributed by atoms with Crippen LogP contribution in [0.4, 0.5) is 22.0 Å². The van der Waals surface area contributed by atoms with Crippen molar-refractivity contribution >= 4 is 17.4 Å². The molecule has 0 radical (unpaired) electrons. The summed E-state index contributed by atoms with van der Waals surface area (Å²) in [4.78, 5) is 26.9. The van der Waals surface area contributed by atoms with E-state index in [0.717, 1.165) is 28.7 Å². The van der Waals surface area contributed by atoms with Crippen molar-refractivity contribution < 1.29 is 36.3 Å². The molecule has 10 heteroatoms. The molecule has 3 rings (SSSR count). The fourth-order valence-corrected chi connectivity index (χ4v) is 4.16. The maximum atomic E-state index is 15.4. The quantitative estimate of drug-likeness (QED) is 0.260. The predicted octanol–water partition coefficient (Wildman–Crippen LogP) is 6.13. The molecule has 0 saturated carbocycles. The molecule has 5 nitrogen and oxygen atoms in total. The van der Waals surface area contributed by atoms with Crippen LogP contribution >= 0.6 is 0 Å². The molecule has 0 aliphatic rings. The van der Waals surface area contributed by atoms with Gasteiger partial charge in [0.15, 0.2) is 11.6 Å². The predicted molar refractivity (Wildman–Crippen MR) is 136 cm³/mol. The number of halogens is 5. The van der Waals surface area contributed by atoms with Crippen LogP contribution in [0.1, 0.15) is 36.1 Å². The van der Waals surface area contributed by atoms with Gasteiger partial charge in [0.25, 0.3) is 5.91 Å². The molecule has 0 aromatic heterocycles. The van der Waals surface area contributed by atoms with Crippen molar-refractivity contribution in [2.75, 3.05) is 13.7 Å². The highest BCUT2D eigenvalue weighted by molar-refractivity contribution is 6.20. The number of carbonyl (C=O) groups excluding carboxylic acids is 2. The van der Waals surface area contributed by atoms with Gasteiger partial charge in [-0.15, -0.1) is 0 Å². The molecule has 0 unspecified atom stereocenters. The van der Waals surface area contributed by atoms with Crippen molar-refractivity contribution in [3.8, 4) is 5.75 Å². The van der Waals surface area contributed by atoms with Crippen LogP contribution in [0.15, 0.2) is 72.4 Å². The molecule has 3 aromatic rings. The average molecular weight is 547 g/mol. The molecule has 0 heterocycles. The van der Waals surface area contributed by atoms with Crippen molar-refractivity contribution in [1.82, 2.24) is 10.2 Å². The molecule has 1 N–H and O–H groups in total. The SMILES string of the molecule is COc1cccc(/C(C(=O)N(CCc2ccccc2)Cc2c(F)cccc2C(F)(F)F)=C(\C)NC(C)=O)c1F. The second kappa shape index (κ2) is 12.6. The number of hydrogen-bond acceptors (Lipinski definition) is 3. The number of methoxy groups -OCH3 is 1. The molecule has 0 aliphatic carbocycles. The van der Waals surface area contributed by atoms with Crippen molar-refractivity contribution in [3.05, 3.63) is 106 Å². The first-order valence-corrected chi connectivity index (χ1v) is 11.9. The number of hydrogen-bond donors (Lipinski definition) is 1. The van der Waals surface area contributed by atoms with Gasteiger partial charge in [0.05, 0.1) is 18.2 Å². The minimum Gasteiger partial charge on any atom is -0.494 e. The fraction of sp³-hybridized carbons (Fsp3) is 0.241. The molecule has 0 atom stereocenters. The number of benzene rings is 3. The van der Waals surface area contributed by atoms with Crippen LogP contribution in [0, 0.1) is 11.6 Å². The number of amides is 2. The largest absolute Gasteiger partial charge is 0.494 e. The fourth-order valence-electron chi connectivity index (χ4n) is 4.16. The van der Waals surface area contributed by atoms with Gasteiger partial charge in [-0.05, 0) is 37.1 Å². The van der Waals surface area contributed by atoms with E-state index < -0.39 is 47.3 Å². The zero-order valence-corrected chi connectivity index (χ0v) is 21.5. The van der Waals surface area contributed by atoms with Crippen LogP contribution < -0.4 is 10.1 Å². The van der Waals surface area contributed by atoms with Crippen LogP contribution in [0.5, 0.6) is 5.75 Å². The van der Waals surface area contributed by atoms with E-state index in [1.165, 1.54) is 39.2 Å². The highest BCUT2D eigenvalue weighted by atomic mass is 19.4. The van der Waals surface area contributed by atoms with Crippen molar-refractivity contribution in [3.63, 3.8) is 0 Å². The Morgan fingerprint density at radius 3 is 2.21 bits per heavy atom. The van der Waals surface area contributed by atoms with E-state index >= 15 is 4.39 Å². The lowest BCUT2D eigenvalue weighted by molar-refractivity contribution is -0.139. The molecule has 0 saturated heterocycles. The minimum absolute atomic E-state index is 0.0334. The van der Waals surface area contributed by atoms with Gasteiger partial charge < -0.3 is 15.0 Å². The number of ether oxygens (including phenoxy) is 1. The smallest absolute Gasteiger partial charge is 0.416 e. The van der Waals surface area contributed by atoms with Crippen LogP contribution in [-0.2, 0) is 28.7 Å². The zero-order valence-electron chi connectivity index (χ0n) is 21.5. The molecular formula is C29H27F5N2O3. The highest BCUT2D eigenvalue weighted by Crippen LogP contribution is 2.35. The lowest BCUT2D eigenvalue weighted by Crippen LogP contribution is -2.36. The van der Waals surface area contributed by atoms with Crippen LogP contribution in [0.25, 0.3) is 5.57 Å². The number of alkyl halides is 3. The third kappa shape index (κ3) is 7.22. The number of rotatable bonds is 9. The van der Waals surface area contributed by atoms with E-state index in [-0.39, 0.29) is 35.5 Å². The van der Waals surface area contributed by atoms with Gasteiger partial charge in [-0.1, -0.05) is 48.5 Å². The lowest BCUT2D eigenvalue weighted by Gasteiger charge is -2.27. The number of nitrogens with one attached hydrogen (secondary N) is 1. The maximum Gasteiger partial charge on any atom is 0.416 e. The summed E-state index contributed by atoms with van der Waals surface area (Å²) in [6.07, 6.45) is -4.66. The first-order chi connectivity index (χ1) is 18.4. The van der Waals surface area contributed by atoms with Gasteiger partial charge in [0.2, 0.25) is 5.91 Å². The van der Waals surface area contributed by atoms with E-state index in [2.05, 4.69) is 5.32 Å². The summed E-state index contributed by atoms with van der Waals surface area (Å²) in [5.41, 5.74) is -1.75. The lowest BCUT2D eigenvalue weighted by atomic mass is 9.99. The third-order valence-corrected chi connectivity index (χ3v) is 5.98. The summed E-state index contributed by atoms with van der Waals surface area (Å²) >= 11 is 0. The van der Waals surface area contributed by atoms with Gasteiger partial charge >= 0.3 is 6.18 Å². The first kappa shape index (κ1) is 29.3. The Balaban J connectivity index is 2.16. The van der Waals surface area contributed by atoms with Crippen molar-refractivity contribution in [2.45, 2.75) is 33.0 Å². The van der Waals surface area contributed by atoms with Gasteiger partial charge in [0, 0.05) is 36.8 Å². The standard InChI is InChI=1S/C29H27F5N2O3/c1-18(35-19(2)37)26(21-11-7-14-25(39-3)27(21)31)28(38)36(16-15-20-9-5-4-6-10-20)17-22-23(29(32,33)34)12-8-13-24(22)30/h4-14H,15-17H2,1-3H3,(H,35,37)/b26-18-. The Bertz CT molecular complexity index is 1370. The summed E-state index contributed by atoms with van der Waals surface area (Å²) < 4.78 is 76.5. The Morgan fingerprint density at radius 1 is 0.923 bits per heavy atom. The van der Waals surface area contributed by atoms with Crippen molar-refractivity contribution in [2.24, 2.45) is 0 Å². The summed E-state index contributed by atoms with van der Waals surface area (Å²) in [6, 6.07) is 15.5. The second-order valence-corrected chi connectivity index (χ2v) is 8.73. The van der Waals surface area contributed by atoms with Gasteiger partial charge in [0.1, 0.15) is 5.82 Å². The first-order valence-electron chi connectivity index (χ1n) is 11.9. The molecule has 0 aliphatic heterocycles. The Labute approximate surface area is 222 Å². The summed E-state index contributed by atoms with van der Waals surface area (Å²) in [5.74, 6) is -3.68. The minimum atomic E-state index is -4.88. The third-order valence-electron chi connectivity index (χ3n) is 5.98. The number of allylic oxidation sites excluding steroid dienone is 1. The van der Waals surface area contributed by atoms with E-state index in [0.29, 0.717) is 0 Å². The van der Waals surface area contributed by atoms with Crippen LogP contribution in [-0.4, -0.2) is 30.4 Å². The highest BCUT2D eigenvalue weighted by Gasteiger charge is 2.36. The van der Waals surface area contributed by atoms with Gasteiger partial charge in [-0.3, -0.25) is 9.59 Å². The van der Waals surface area contributed by atoms with E-state index in [9.17, 15) is 27.2 Å². The summed E-state index contributed by atoms with van der Waals surface area (Å²) in [5, 5.41) is 2.46. The molecule has 0 spiro atoms. The van der Waals surface area contributed by atoms with Gasteiger partial charge in [-0.2, -0.15) is 13.2 Å². The maximum absolute atomic E-state index is 15.4. The monoisotopic (exact) mass is 546 g/mol. The second-order valence-electron chi connectivity index (χ2n) is 8.73. The molecule has 0 fully saturated rings. The summed E-state index contributed by atoms with van der Waals surface area (Å²) in [7, 11) is 1.23. The van der Waals surface area contributed by atoms with E-state index in [4.69, 9.17) is 4.74 Å². The average Bonchev–Trinajstić information content (AvgIpc) is 2.88. The van der Waals surface area contributed by atoms with Crippen molar-refractivity contribution in [1.29, 1.82) is 0 Å². The molecular weight excluding hydrogens is 519 g/mol. The van der Waals surface area contributed by atoms with E-state index in [1.54, 1.807) is 30.3 Å². The number of nitrogens with zero attached hydrogens (tertiary/aromatic N) is 1. The Kier molecular flexibility index (Phi) is 9.45. The molecule has 206 valence electrons. The molecule has 2 amide bonds. The van der Waals surface area contributed by atoms with E-state index in [1.807, 2.05) is 0 Å². The van der Waals surface area contributed by atoms with Crippen LogP contribution in [0.3, 0.4) is 0 Å². The van der Waals surface area contributed by atoms with Gasteiger partial charge in [-0.25, -0.2) is 8.78 Å². The molecule has 3 aromatic carbocycles. The molecule has 39 heavy (non-hydrogen) atoms. The summed E-state index contributed by atoms with van der Waals surface area (Å²) in [6.45, 7) is 1.68. The normalized spacial score (nSPS) is 12.0. The topological polar surface area (TPSA) is 58.6 Å². The molecule has 0 bridgehead atoms.